The molecule has 1 N–H and O–H groups in total. The first-order chi connectivity index (χ1) is 7.27. The third kappa shape index (κ3) is 2.85. The molecule has 0 amide bonds. The minimum Gasteiger partial charge on any atom is -0.372 e. The van der Waals surface area contributed by atoms with Gasteiger partial charge < -0.3 is 10.1 Å². The molecule has 0 aliphatic carbocycles. The fourth-order valence-corrected chi connectivity index (χ4v) is 2.00. The summed E-state index contributed by atoms with van der Waals surface area (Å²) in [7, 11) is 0. The van der Waals surface area contributed by atoms with E-state index in [1.165, 1.54) is 0 Å². The van der Waals surface area contributed by atoms with Crippen molar-refractivity contribution < 1.29 is 4.74 Å². The summed E-state index contributed by atoms with van der Waals surface area (Å²) in [5, 5.41) is 4.47. The predicted molar refractivity (Wildman–Crippen MR) is 62.6 cm³/mol. The molecule has 2 rings (SSSR count). The summed E-state index contributed by atoms with van der Waals surface area (Å²) in [6, 6.07) is 5.69. The zero-order valence-corrected chi connectivity index (χ0v) is 9.81. The van der Waals surface area contributed by atoms with E-state index in [0.717, 1.165) is 31.7 Å². The summed E-state index contributed by atoms with van der Waals surface area (Å²) >= 11 is 11.8. The van der Waals surface area contributed by atoms with Crippen molar-refractivity contribution in [2.45, 2.75) is 12.5 Å². The molecule has 0 aromatic heterocycles. The Hall–Kier alpha value is -0.280. The van der Waals surface area contributed by atoms with Crippen LogP contribution in [0.3, 0.4) is 0 Å². The Morgan fingerprint density at radius 1 is 1.20 bits per heavy atom. The molecule has 4 heteroatoms. The van der Waals surface area contributed by atoms with Crippen molar-refractivity contribution in [2.24, 2.45) is 0 Å². The zero-order valence-electron chi connectivity index (χ0n) is 8.30. The van der Waals surface area contributed by atoms with E-state index in [1.807, 2.05) is 18.2 Å². The quantitative estimate of drug-likeness (QED) is 0.822. The van der Waals surface area contributed by atoms with E-state index in [1.54, 1.807) is 0 Å². The molecule has 0 saturated carbocycles. The number of hydrogen-bond donors (Lipinski definition) is 1. The molecule has 82 valence electrons. The Morgan fingerprint density at radius 3 is 2.87 bits per heavy atom. The fraction of sp³-hybridized carbons (Fsp3) is 0.455. The Morgan fingerprint density at radius 2 is 2.07 bits per heavy atom. The van der Waals surface area contributed by atoms with Crippen molar-refractivity contribution in [1.29, 1.82) is 0 Å². The molecule has 1 fully saturated rings. The summed E-state index contributed by atoms with van der Waals surface area (Å²) in [4.78, 5) is 0. The van der Waals surface area contributed by atoms with Crippen LogP contribution in [-0.2, 0) is 4.74 Å². The van der Waals surface area contributed by atoms with Crippen LogP contribution >= 0.6 is 23.2 Å². The summed E-state index contributed by atoms with van der Waals surface area (Å²) in [6.45, 7) is 2.63. The highest BCUT2D eigenvalue weighted by Crippen LogP contribution is 2.28. The van der Waals surface area contributed by atoms with E-state index in [4.69, 9.17) is 27.9 Å². The van der Waals surface area contributed by atoms with Crippen LogP contribution in [-0.4, -0.2) is 19.7 Å². The zero-order chi connectivity index (χ0) is 10.7. The number of halogens is 2. The van der Waals surface area contributed by atoms with Gasteiger partial charge in [0.05, 0.1) is 22.8 Å². The van der Waals surface area contributed by atoms with E-state index in [-0.39, 0.29) is 6.10 Å². The second-order valence-corrected chi connectivity index (χ2v) is 4.39. The average molecular weight is 246 g/mol. The molecular formula is C11H13Cl2NO. The third-order valence-electron chi connectivity index (χ3n) is 2.50. The Balaban J connectivity index is 2.16. The van der Waals surface area contributed by atoms with Crippen LogP contribution in [0.1, 0.15) is 18.1 Å². The van der Waals surface area contributed by atoms with Gasteiger partial charge in [0.2, 0.25) is 0 Å². The molecule has 1 heterocycles. The van der Waals surface area contributed by atoms with Crippen LogP contribution < -0.4 is 5.32 Å². The van der Waals surface area contributed by atoms with Gasteiger partial charge in [-0.1, -0.05) is 29.3 Å². The lowest BCUT2D eigenvalue weighted by atomic mass is 10.1. The first kappa shape index (κ1) is 11.2. The largest absolute Gasteiger partial charge is 0.372 e. The molecule has 0 radical (unpaired) electrons. The highest BCUT2D eigenvalue weighted by atomic mass is 35.5. The van der Waals surface area contributed by atoms with Gasteiger partial charge in [0, 0.05) is 6.54 Å². The van der Waals surface area contributed by atoms with Crippen LogP contribution in [0.2, 0.25) is 10.0 Å². The van der Waals surface area contributed by atoms with Gasteiger partial charge in [0.1, 0.15) is 0 Å². The standard InChI is InChI=1S/C11H13Cl2NO/c12-9-2-1-8(7-10(9)13)11-3-4-14-5-6-15-11/h1-2,7,11,14H,3-6H2. The molecule has 2 nitrogen and oxygen atoms in total. The number of ether oxygens (including phenoxy) is 1. The molecule has 1 aromatic rings. The van der Waals surface area contributed by atoms with Crippen LogP contribution in [0.5, 0.6) is 0 Å². The summed E-state index contributed by atoms with van der Waals surface area (Å²) in [6.07, 6.45) is 1.10. The Bertz CT molecular complexity index is 335. The lowest BCUT2D eigenvalue weighted by Crippen LogP contribution is -2.16. The maximum atomic E-state index is 5.97. The molecule has 1 unspecified atom stereocenters. The lowest BCUT2D eigenvalue weighted by molar-refractivity contribution is 0.0644. The maximum absolute atomic E-state index is 5.97. The molecular weight excluding hydrogens is 233 g/mol. The SMILES string of the molecule is Clc1ccc(C2CCNCCO2)cc1Cl. The molecule has 1 aliphatic heterocycles. The van der Waals surface area contributed by atoms with E-state index >= 15 is 0 Å². The van der Waals surface area contributed by atoms with Crippen molar-refractivity contribution >= 4 is 23.2 Å². The molecule has 1 aliphatic rings. The highest BCUT2D eigenvalue weighted by molar-refractivity contribution is 6.42. The van der Waals surface area contributed by atoms with Gasteiger partial charge in [-0.05, 0) is 30.7 Å². The molecule has 1 saturated heterocycles. The number of nitrogens with one attached hydrogen (secondary N) is 1. The monoisotopic (exact) mass is 245 g/mol. The van der Waals surface area contributed by atoms with Crippen molar-refractivity contribution in [3.05, 3.63) is 33.8 Å². The van der Waals surface area contributed by atoms with Crippen molar-refractivity contribution in [1.82, 2.24) is 5.32 Å². The summed E-state index contributed by atoms with van der Waals surface area (Å²) in [5.41, 5.74) is 1.10. The first-order valence-corrected chi connectivity index (χ1v) is 5.80. The summed E-state index contributed by atoms with van der Waals surface area (Å²) in [5.74, 6) is 0. The van der Waals surface area contributed by atoms with Crippen LogP contribution in [0, 0.1) is 0 Å². The average Bonchev–Trinajstić information content (AvgIpc) is 2.50. The predicted octanol–water partition coefficient (Wildman–Crippen LogP) is 3.04. The molecule has 1 atom stereocenters. The second kappa shape index (κ2) is 5.17. The minimum atomic E-state index is 0.134. The van der Waals surface area contributed by atoms with Crippen LogP contribution in [0.25, 0.3) is 0 Å². The second-order valence-electron chi connectivity index (χ2n) is 3.57. The fourth-order valence-electron chi connectivity index (χ4n) is 1.69. The molecule has 15 heavy (non-hydrogen) atoms. The maximum Gasteiger partial charge on any atom is 0.0838 e. The third-order valence-corrected chi connectivity index (χ3v) is 3.24. The molecule has 0 bridgehead atoms. The lowest BCUT2D eigenvalue weighted by Gasteiger charge is -2.15. The van der Waals surface area contributed by atoms with Crippen molar-refractivity contribution in [3.8, 4) is 0 Å². The Kier molecular flexibility index (Phi) is 3.87. The van der Waals surface area contributed by atoms with E-state index in [2.05, 4.69) is 5.32 Å². The first-order valence-electron chi connectivity index (χ1n) is 5.04. The number of rotatable bonds is 1. The van der Waals surface area contributed by atoms with Crippen LogP contribution in [0.4, 0.5) is 0 Å². The Labute approximate surface area is 99.5 Å². The summed E-state index contributed by atoms with van der Waals surface area (Å²) < 4.78 is 5.72. The van der Waals surface area contributed by atoms with E-state index in [9.17, 15) is 0 Å². The van der Waals surface area contributed by atoms with Gasteiger partial charge in [-0.3, -0.25) is 0 Å². The number of benzene rings is 1. The molecule has 0 spiro atoms. The van der Waals surface area contributed by atoms with Gasteiger partial charge >= 0.3 is 0 Å². The van der Waals surface area contributed by atoms with Gasteiger partial charge in [-0.2, -0.15) is 0 Å². The van der Waals surface area contributed by atoms with Gasteiger partial charge in [0.25, 0.3) is 0 Å². The van der Waals surface area contributed by atoms with Crippen LogP contribution in [0.15, 0.2) is 18.2 Å². The normalized spacial score (nSPS) is 22.4. The smallest absolute Gasteiger partial charge is 0.0838 e. The van der Waals surface area contributed by atoms with Gasteiger partial charge in [-0.15, -0.1) is 0 Å². The highest BCUT2D eigenvalue weighted by Gasteiger charge is 2.15. The van der Waals surface area contributed by atoms with Crippen molar-refractivity contribution in [2.75, 3.05) is 19.7 Å². The topological polar surface area (TPSA) is 21.3 Å². The minimum absolute atomic E-state index is 0.134. The van der Waals surface area contributed by atoms with Crippen molar-refractivity contribution in [3.63, 3.8) is 0 Å². The van der Waals surface area contributed by atoms with E-state index in [0.29, 0.717) is 10.0 Å². The number of hydrogen-bond acceptors (Lipinski definition) is 2. The van der Waals surface area contributed by atoms with E-state index < -0.39 is 0 Å². The van der Waals surface area contributed by atoms with Gasteiger partial charge in [-0.25, -0.2) is 0 Å². The van der Waals surface area contributed by atoms with Gasteiger partial charge in [0.15, 0.2) is 0 Å². The molecule has 1 aromatic carbocycles.